The molecule has 0 radical (unpaired) electrons. The van der Waals surface area contributed by atoms with Gasteiger partial charge in [-0.05, 0) is 24.1 Å². The maximum Gasteiger partial charge on any atom is 0.307 e. The Morgan fingerprint density at radius 3 is 2.89 bits per heavy atom. The molecule has 4 rings (SSSR count). The maximum atomic E-state index is 11.6. The second-order valence-electron chi connectivity index (χ2n) is 5.42. The molecule has 19 heavy (non-hydrogen) atoms. The highest BCUT2D eigenvalue weighted by Crippen LogP contribution is 2.56. The van der Waals surface area contributed by atoms with Gasteiger partial charge in [0.2, 0.25) is 6.79 Å². The summed E-state index contributed by atoms with van der Waals surface area (Å²) >= 11 is 0. The van der Waals surface area contributed by atoms with Crippen molar-refractivity contribution in [3.63, 3.8) is 0 Å². The molecule has 2 heterocycles. The second kappa shape index (κ2) is 3.63. The SMILES string of the molecule is COC[C@@]12CC(=O)OC1c1cc3c(cc1C2)OCO3. The molecule has 3 aliphatic rings. The van der Waals surface area contributed by atoms with Crippen molar-refractivity contribution in [1.29, 1.82) is 0 Å². The van der Waals surface area contributed by atoms with Crippen molar-refractivity contribution >= 4 is 5.97 Å². The van der Waals surface area contributed by atoms with Crippen LogP contribution in [0.15, 0.2) is 12.1 Å². The number of methoxy groups -OCH3 is 1. The van der Waals surface area contributed by atoms with Crippen molar-refractivity contribution in [2.75, 3.05) is 20.5 Å². The lowest BCUT2D eigenvalue weighted by atomic mass is 9.82. The summed E-state index contributed by atoms with van der Waals surface area (Å²) in [4.78, 5) is 11.6. The summed E-state index contributed by atoms with van der Waals surface area (Å²) in [5.74, 6) is 1.36. The topological polar surface area (TPSA) is 54.0 Å². The molecule has 2 aliphatic heterocycles. The third-order valence-electron chi connectivity index (χ3n) is 4.19. The van der Waals surface area contributed by atoms with Gasteiger partial charge in [-0.15, -0.1) is 0 Å². The van der Waals surface area contributed by atoms with Crippen LogP contribution in [0.1, 0.15) is 23.7 Å². The fourth-order valence-corrected chi connectivity index (χ4v) is 3.47. The fourth-order valence-electron chi connectivity index (χ4n) is 3.47. The van der Waals surface area contributed by atoms with Crippen molar-refractivity contribution in [3.05, 3.63) is 23.3 Å². The third kappa shape index (κ3) is 1.42. The Hall–Kier alpha value is -1.75. The van der Waals surface area contributed by atoms with Crippen LogP contribution in [0.3, 0.4) is 0 Å². The zero-order chi connectivity index (χ0) is 13.0. The van der Waals surface area contributed by atoms with E-state index in [-0.39, 0.29) is 24.3 Å². The summed E-state index contributed by atoms with van der Waals surface area (Å²) in [5, 5.41) is 0. The summed E-state index contributed by atoms with van der Waals surface area (Å²) in [5.41, 5.74) is 1.94. The quantitative estimate of drug-likeness (QED) is 0.758. The van der Waals surface area contributed by atoms with Crippen molar-refractivity contribution in [2.45, 2.75) is 18.9 Å². The first-order valence-corrected chi connectivity index (χ1v) is 6.33. The Kier molecular flexibility index (Phi) is 2.12. The smallest absolute Gasteiger partial charge is 0.307 e. The Bertz CT molecular complexity index is 567. The van der Waals surface area contributed by atoms with Gasteiger partial charge in [0.25, 0.3) is 0 Å². The molecule has 5 heteroatoms. The van der Waals surface area contributed by atoms with Gasteiger partial charge in [-0.3, -0.25) is 4.79 Å². The van der Waals surface area contributed by atoms with E-state index in [4.69, 9.17) is 18.9 Å². The van der Waals surface area contributed by atoms with Crippen molar-refractivity contribution in [3.8, 4) is 11.5 Å². The first kappa shape index (κ1) is 11.1. The minimum absolute atomic E-state index is 0.148. The van der Waals surface area contributed by atoms with E-state index in [0.717, 1.165) is 23.5 Å². The standard InChI is InChI=1S/C14H14O5/c1-16-6-14-4-8-2-10-11(18-7-17-10)3-9(8)13(14)19-12(15)5-14/h2-3,13H,4-7H2,1H3/t13?,14-/m1/s1. The van der Waals surface area contributed by atoms with Crippen LogP contribution in [-0.4, -0.2) is 26.5 Å². The molecule has 0 aromatic heterocycles. The van der Waals surface area contributed by atoms with Crippen LogP contribution < -0.4 is 9.47 Å². The van der Waals surface area contributed by atoms with E-state index in [9.17, 15) is 4.79 Å². The van der Waals surface area contributed by atoms with Gasteiger partial charge in [0, 0.05) is 18.1 Å². The monoisotopic (exact) mass is 262 g/mol. The second-order valence-corrected chi connectivity index (χ2v) is 5.42. The number of carbonyl (C=O) groups is 1. The van der Waals surface area contributed by atoms with Crippen molar-refractivity contribution in [2.24, 2.45) is 5.41 Å². The zero-order valence-electron chi connectivity index (χ0n) is 10.6. The van der Waals surface area contributed by atoms with E-state index in [0.29, 0.717) is 13.0 Å². The van der Waals surface area contributed by atoms with Gasteiger partial charge in [-0.2, -0.15) is 0 Å². The first-order valence-electron chi connectivity index (χ1n) is 6.33. The molecule has 100 valence electrons. The van der Waals surface area contributed by atoms with Gasteiger partial charge in [0.15, 0.2) is 11.5 Å². The van der Waals surface area contributed by atoms with E-state index in [2.05, 4.69) is 0 Å². The number of ether oxygens (including phenoxy) is 4. The van der Waals surface area contributed by atoms with Crippen LogP contribution in [0.4, 0.5) is 0 Å². The largest absolute Gasteiger partial charge is 0.457 e. The molecule has 1 fully saturated rings. The molecule has 0 spiro atoms. The summed E-state index contributed by atoms with van der Waals surface area (Å²) in [6.45, 7) is 0.774. The number of hydrogen-bond acceptors (Lipinski definition) is 5. The maximum absolute atomic E-state index is 11.6. The average molecular weight is 262 g/mol. The molecular weight excluding hydrogens is 248 g/mol. The van der Waals surface area contributed by atoms with Crippen molar-refractivity contribution in [1.82, 2.24) is 0 Å². The van der Waals surface area contributed by atoms with Crippen LogP contribution in [0.5, 0.6) is 11.5 Å². The molecule has 1 saturated heterocycles. The van der Waals surface area contributed by atoms with Crippen LogP contribution in [-0.2, 0) is 20.7 Å². The molecule has 1 aromatic carbocycles. The van der Waals surface area contributed by atoms with Crippen LogP contribution >= 0.6 is 0 Å². The van der Waals surface area contributed by atoms with Crippen LogP contribution in [0.2, 0.25) is 0 Å². The molecule has 5 nitrogen and oxygen atoms in total. The zero-order valence-corrected chi connectivity index (χ0v) is 10.6. The summed E-state index contributed by atoms with van der Waals surface area (Å²) < 4.78 is 21.6. The first-order chi connectivity index (χ1) is 9.22. The van der Waals surface area contributed by atoms with E-state index < -0.39 is 0 Å². The van der Waals surface area contributed by atoms with Crippen LogP contribution in [0.25, 0.3) is 0 Å². The average Bonchev–Trinajstić information content (AvgIpc) is 2.98. The lowest BCUT2D eigenvalue weighted by Gasteiger charge is -2.24. The highest BCUT2D eigenvalue weighted by atomic mass is 16.7. The molecular formula is C14H14O5. The van der Waals surface area contributed by atoms with Crippen LogP contribution in [0, 0.1) is 5.41 Å². The van der Waals surface area contributed by atoms with Gasteiger partial charge in [-0.25, -0.2) is 0 Å². The predicted octanol–water partition coefficient (Wildman–Crippen LogP) is 1.59. The minimum atomic E-state index is -0.261. The lowest BCUT2D eigenvalue weighted by molar-refractivity contribution is -0.142. The molecule has 0 bridgehead atoms. The number of benzene rings is 1. The number of rotatable bonds is 2. The Balaban J connectivity index is 1.80. The normalized spacial score (nSPS) is 30.2. The highest BCUT2D eigenvalue weighted by molar-refractivity contribution is 5.75. The van der Waals surface area contributed by atoms with Gasteiger partial charge in [0.1, 0.15) is 6.10 Å². The van der Waals surface area contributed by atoms with Gasteiger partial charge >= 0.3 is 5.97 Å². The third-order valence-corrected chi connectivity index (χ3v) is 4.19. The number of carbonyl (C=O) groups excluding carboxylic acids is 1. The van der Waals surface area contributed by atoms with E-state index in [1.165, 1.54) is 5.56 Å². The molecule has 0 saturated carbocycles. The molecule has 1 unspecified atom stereocenters. The highest BCUT2D eigenvalue weighted by Gasteiger charge is 2.55. The Morgan fingerprint density at radius 2 is 2.11 bits per heavy atom. The molecule has 0 amide bonds. The minimum Gasteiger partial charge on any atom is -0.457 e. The summed E-state index contributed by atoms with van der Waals surface area (Å²) in [6, 6.07) is 3.94. The summed E-state index contributed by atoms with van der Waals surface area (Å²) in [7, 11) is 1.66. The van der Waals surface area contributed by atoms with E-state index in [1.54, 1.807) is 7.11 Å². The predicted molar refractivity (Wildman–Crippen MR) is 64.0 cm³/mol. The van der Waals surface area contributed by atoms with Crippen molar-refractivity contribution < 1.29 is 23.7 Å². The Morgan fingerprint density at radius 1 is 1.32 bits per heavy atom. The number of esters is 1. The lowest BCUT2D eigenvalue weighted by Crippen LogP contribution is -2.27. The van der Waals surface area contributed by atoms with E-state index >= 15 is 0 Å². The number of hydrogen-bond donors (Lipinski definition) is 0. The van der Waals surface area contributed by atoms with E-state index in [1.807, 2.05) is 12.1 Å². The molecule has 1 aromatic rings. The van der Waals surface area contributed by atoms with Gasteiger partial charge in [-0.1, -0.05) is 0 Å². The summed E-state index contributed by atoms with van der Waals surface area (Å²) in [6.07, 6.45) is 0.972. The number of fused-ring (bicyclic) bond motifs is 4. The molecule has 0 N–H and O–H groups in total. The van der Waals surface area contributed by atoms with Gasteiger partial charge < -0.3 is 18.9 Å². The fraction of sp³-hybridized carbons (Fsp3) is 0.500. The molecule has 2 atom stereocenters. The van der Waals surface area contributed by atoms with Gasteiger partial charge in [0.05, 0.1) is 13.0 Å². The Labute approximate surface area is 110 Å². The molecule has 1 aliphatic carbocycles.